The van der Waals surface area contributed by atoms with Crippen LogP contribution < -0.4 is 0 Å². The van der Waals surface area contributed by atoms with Crippen LogP contribution in [-0.4, -0.2) is 23.9 Å². The molecule has 1 saturated carbocycles. The lowest BCUT2D eigenvalue weighted by atomic mass is 9.86. The Hall–Kier alpha value is -1.02. The van der Waals surface area contributed by atoms with E-state index < -0.39 is 5.38 Å². The minimum Gasteiger partial charge on any atom is -0.341 e. The number of carbonyl (C=O) groups excluding carboxylic acids is 1. The Morgan fingerprint density at radius 3 is 2.37 bits per heavy atom. The molecule has 2 rings (SSSR count). The largest absolute Gasteiger partial charge is 0.341 e. The van der Waals surface area contributed by atoms with E-state index in [4.69, 9.17) is 11.6 Å². The van der Waals surface area contributed by atoms with E-state index in [0.29, 0.717) is 6.04 Å². The molecule has 0 saturated heterocycles. The Bertz CT molecular complexity index is 412. The maximum atomic E-state index is 12.4. The van der Waals surface area contributed by atoms with Crippen molar-refractivity contribution in [2.45, 2.75) is 44.0 Å². The molecule has 0 aromatic heterocycles. The summed E-state index contributed by atoms with van der Waals surface area (Å²) in [5, 5.41) is -0.564. The van der Waals surface area contributed by atoms with Crippen LogP contribution >= 0.6 is 11.6 Å². The number of carbonyl (C=O) groups is 1. The van der Waals surface area contributed by atoms with Gasteiger partial charge in [0.05, 0.1) is 0 Å². The number of halogens is 1. The van der Waals surface area contributed by atoms with Crippen molar-refractivity contribution in [3.05, 3.63) is 35.9 Å². The summed E-state index contributed by atoms with van der Waals surface area (Å²) in [7, 11) is 1.89. The predicted octanol–water partition coefficient (Wildman–Crippen LogP) is 4.00. The Morgan fingerprint density at radius 1 is 1.21 bits per heavy atom. The van der Waals surface area contributed by atoms with Gasteiger partial charge in [0.1, 0.15) is 5.38 Å². The Kier molecular flexibility index (Phi) is 4.87. The smallest absolute Gasteiger partial charge is 0.245 e. The highest BCUT2D eigenvalue weighted by atomic mass is 35.5. The number of alkyl halides is 1. The molecular formula is C16H22ClNO. The normalized spacial score (nSPS) is 24.8. The number of amides is 1. The lowest BCUT2D eigenvalue weighted by Crippen LogP contribution is -2.40. The lowest BCUT2D eigenvalue weighted by molar-refractivity contribution is -0.132. The number of benzene rings is 1. The molecule has 3 heteroatoms. The second-order valence-electron chi connectivity index (χ2n) is 5.64. The quantitative estimate of drug-likeness (QED) is 0.766. The molecule has 1 aliphatic rings. The summed E-state index contributed by atoms with van der Waals surface area (Å²) in [6, 6.07) is 9.94. The van der Waals surface area contributed by atoms with Crippen LogP contribution in [0.3, 0.4) is 0 Å². The summed E-state index contributed by atoms with van der Waals surface area (Å²) >= 11 is 6.31. The van der Waals surface area contributed by atoms with Crippen LogP contribution in [0.15, 0.2) is 30.3 Å². The van der Waals surface area contributed by atoms with Gasteiger partial charge in [0.2, 0.25) is 5.91 Å². The molecule has 0 spiro atoms. The Labute approximate surface area is 120 Å². The number of rotatable bonds is 3. The minimum atomic E-state index is -0.564. The van der Waals surface area contributed by atoms with Gasteiger partial charge < -0.3 is 4.90 Å². The number of nitrogens with zero attached hydrogens (tertiary/aromatic N) is 1. The van der Waals surface area contributed by atoms with E-state index in [1.165, 1.54) is 12.8 Å². The summed E-state index contributed by atoms with van der Waals surface area (Å²) in [6.07, 6.45) is 4.62. The third-order valence-electron chi connectivity index (χ3n) is 4.19. The van der Waals surface area contributed by atoms with Crippen molar-refractivity contribution in [2.75, 3.05) is 7.05 Å². The van der Waals surface area contributed by atoms with Gasteiger partial charge in [-0.2, -0.15) is 0 Å². The van der Waals surface area contributed by atoms with Crippen molar-refractivity contribution in [1.29, 1.82) is 0 Å². The molecule has 19 heavy (non-hydrogen) atoms. The SMILES string of the molecule is CC1CCC(N(C)C(=O)C(Cl)c2ccccc2)CC1. The first-order valence-corrected chi connectivity index (χ1v) is 7.49. The number of likely N-dealkylation sites (N-methyl/N-ethyl adjacent to an activating group) is 1. The first kappa shape index (κ1) is 14.4. The van der Waals surface area contributed by atoms with Gasteiger partial charge >= 0.3 is 0 Å². The molecule has 1 fully saturated rings. The molecule has 1 atom stereocenters. The number of hydrogen-bond acceptors (Lipinski definition) is 1. The van der Waals surface area contributed by atoms with Gasteiger partial charge in [0.25, 0.3) is 0 Å². The van der Waals surface area contributed by atoms with Crippen LogP contribution in [0.5, 0.6) is 0 Å². The molecule has 1 aromatic carbocycles. The zero-order valence-corrected chi connectivity index (χ0v) is 12.4. The van der Waals surface area contributed by atoms with Crippen molar-refractivity contribution in [3.8, 4) is 0 Å². The minimum absolute atomic E-state index is 0.0208. The second-order valence-corrected chi connectivity index (χ2v) is 6.07. The fourth-order valence-electron chi connectivity index (χ4n) is 2.75. The molecule has 1 amide bonds. The zero-order valence-electron chi connectivity index (χ0n) is 11.7. The second kappa shape index (κ2) is 6.42. The maximum Gasteiger partial charge on any atom is 0.245 e. The van der Waals surface area contributed by atoms with E-state index in [9.17, 15) is 4.79 Å². The first-order chi connectivity index (χ1) is 9.09. The third-order valence-corrected chi connectivity index (χ3v) is 4.63. The molecule has 1 aromatic rings. The van der Waals surface area contributed by atoms with Crippen LogP contribution in [0.1, 0.15) is 43.5 Å². The molecule has 0 bridgehead atoms. The van der Waals surface area contributed by atoms with Gasteiger partial charge in [0.15, 0.2) is 0 Å². The topological polar surface area (TPSA) is 20.3 Å². The monoisotopic (exact) mass is 279 g/mol. The van der Waals surface area contributed by atoms with Gasteiger partial charge in [-0.1, -0.05) is 37.3 Å². The van der Waals surface area contributed by atoms with Crippen molar-refractivity contribution in [3.63, 3.8) is 0 Å². The fourth-order valence-corrected chi connectivity index (χ4v) is 3.05. The first-order valence-electron chi connectivity index (χ1n) is 7.05. The van der Waals surface area contributed by atoms with Crippen LogP contribution in [0, 0.1) is 5.92 Å². The highest BCUT2D eigenvalue weighted by Gasteiger charge is 2.28. The van der Waals surface area contributed by atoms with E-state index >= 15 is 0 Å². The van der Waals surface area contributed by atoms with Crippen molar-refractivity contribution in [1.82, 2.24) is 4.90 Å². The average Bonchev–Trinajstić information content (AvgIpc) is 2.46. The summed E-state index contributed by atoms with van der Waals surface area (Å²) < 4.78 is 0. The molecule has 1 unspecified atom stereocenters. The van der Waals surface area contributed by atoms with Crippen molar-refractivity contribution < 1.29 is 4.79 Å². The summed E-state index contributed by atoms with van der Waals surface area (Å²) in [4.78, 5) is 14.3. The summed E-state index contributed by atoms with van der Waals surface area (Å²) in [6.45, 7) is 2.28. The molecule has 2 nitrogen and oxygen atoms in total. The van der Waals surface area contributed by atoms with E-state index in [2.05, 4.69) is 6.92 Å². The van der Waals surface area contributed by atoms with Crippen LogP contribution in [-0.2, 0) is 4.79 Å². The Morgan fingerprint density at radius 2 is 1.79 bits per heavy atom. The molecular weight excluding hydrogens is 258 g/mol. The zero-order chi connectivity index (χ0) is 13.8. The lowest BCUT2D eigenvalue weighted by Gasteiger charge is -2.34. The summed E-state index contributed by atoms with van der Waals surface area (Å²) in [5.74, 6) is 0.813. The van der Waals surface area contributed by atoms with Gasteiger partial charge in [-0.3, -0.25) is 4.79 Å². The third kappa shape index (κ3) is 3.50. The molecule has 1 aliphatic carbocycles. The highest BCUT2D eigenvalue weighted by Crippen LogP contribution is 2.29. The molecule has 0 radical (unpaired) electrons. The van der Waals surface area contributed by atoms with E-state index in [0.717, 1.165) is 24.3 Å². The van der Waals surface area contributed by atoms with Crippen molar-refractivity contribution in [2.24, 2.45) is 5.92 Å². The van der Waals surface area contributed by atoms with Crippen LogP contribution in [0.25, 0.3) is 0 Å². The molecule has 0 heterocycles. The van der Waals surface area contributed by atoms with Crippen LogP contribution in [0.2, 0.25) is 0 Å². The molecule has 0 N–H and O–H groups in total. The van der Waals surface area contributed by atoms with E-state index in [1.807, 2.05) is 42.3 Å². The average molecular weight is 280 g/mol. The van der Waals surface area contributed by atoms with Gasteiger partial charge in [-0.25, -0.2) is 0 Å². The number of hydrogen-bond donors (Lipinski definition) is 0. The van der Waals surface area contributed by atoms with Crippen LogP contribution in [0.4, 0.5) is 0 Å². The van der Waals surface area contributed by atoms with E-state index in [-0.39, 0.29) is 5.91 Å². The van der Waals surface area contributed by atoms with Gasteiger partial charge in [-0.15, -0.1) is 11.6 Å². The molecule has 104 valence electrons. The maximum absolute atomic E-state index is 12.4. The standard InChI is InChI=1S/C16H22ClNO/c1-12-8-10-14(11-9-12)18(2)16(19)15(17)13-6-4-3-5-7-13/h3-7,12,14-15H,8-11H2,1-2H3. The van der Waals surface area contributed by atoms with Gasteiger partial charge in [0, 0.05) is 13.1 Å². The van der Waals surface area contributed by atoms with Crippen molar-refractivity contribution >= 4 is 17.5 Å². The van der Waals surface area contributed by atoms with E-state index in [1.54, 1.807) is 0 Å². The predicted molar refractivity (Wildman–Crippen MR) is 79.2 cm³/mol. The summed E-state index contributed by atoms with van der Waals surface area (Å²) in [5.41, 5.74) is 0.880. The fraction of sp³-hybridized carbons (Fsp3) is 0.562. The van der Waals surface area contributed by atoms with Gasteiger partial charge in [-0.05, 0) is 37.2 Å². The Balaban J connectivity index is 1.99. The highest BCUT2D eigenvalue weighted by molar-refractivity contribution is 6.30. The molecule has 0 aliphatic heterocycles.